The molecule has 1 fully saturated rings. The first-order chi connectivity index (χ1) is 12.3. The monoisotopic (exact) mass is 375 g/mol. The molecule has 0 aliphatic heterocycles. The topological polar surface area (TPSA) is 30.7 Å². The van der Waals surface area contributed by atoms with Crippen LogP contribution in [0.4, 0.5) is 0 Å². The van der Waals surface area contributed by atoms with E-state index in [0.29, 0.717) is 0 Å². The SMILES string of the molecule is C=CCn1c(CCC2CCCCC2)nnc1SCc1cccc(Cl)c1. The first kappa shape index (κ1) is 18.5. The van der Waals surface area contributed by atoms with Gasteiger partial charge in [-0.25, -0.2) is 0 Å². The van der Waals surface area contributed by atoms with E-state index < -0.39 is 0 Å². The van der Waals surface area contributed by atoms with Crippen molar-refractivity contribution in [3.63, 3.8) is 0 Å². The maximum absolute atomic E-state index is 6.07. The van der Waals surface area contributed by atoms with Crippen molar-refractivity contribution >= 4 is 23.4 Å². The van der Waals surface area contributed by atoms with Crippen LogP contribution in [0, 0.1) is 5.92 Å². The first-order valence-electron chi connectivity index (χ1n) is 9.16. The van der Waals surface area contributed by atoms with Crippen LogP contribution < -0.4 is 0 Å². The minimum Gasteiger partial charge on any atom is -0.302 e. The van der Waals surface area contributed by atoms with Gasteiger partial charge in [-0.15, -0.1) is 16.8 Å². The van der Waals surface area contributed by atoms with Crippen LogP contribution >= 0.6 is 23.4 Å². The Morgan fingerprint density at radius 3 is 2.84 bits per heavy atom. The van der Waals surface area contributed by atoms with Gasteiger partial charge in [0.25, 0.3) is 0 Å². The van der Waals surface area contributed by atoms with Gasteiger partial charge >= 0.3 is 0 Å². The van der Waals surface area contributed by atoms with Gasteiger partial charge in [-0.3, -0.25) is 0 Å². The third-order valence-electron chi connectivity index (χ3n) is 4.86. The van der Waals surface area contributed by atoms with Crippen LogP contribution in [0.2, 0.25) is 5.02 Å². The predicted molar refractivity (Wildman–Crippen MR) is 106 cm³/mol. The molecular formula is C20H26ClN3S. The molecule has 0 atom stereocenters. The smallest absolute Gasteiger partial charge is 0.191 e. The summed E-state index contributed by atoms with van der Waals surface area (Å²) in [4.78, 5) is 0. The van der Waals surface area contributed by atoms with Gasteiger partial charge in [0.15, 0.2) is 5.16 Å². The average molecular weight is 376 g/mol. The van der Waals surface area contributed by atoms with E-state index in [1.165, 1.54) is 44.1 Å². The normalized spacial score (nSPS) is 15.4. The van der Waals surface area contributed by atoms with E-state index in [4.69, 9.17) is 11.6 Å². The predicted octanol–water partition coefficient (Wildman–Crippen LogP) is 5.92. The molecule has 2 aromatic rings. The number of aryl methyl sites for hydroxylation is 1. The van der Waals surface area contributed by atoms with Crippen LogP contribution in [-0.2, 0) is 18.7 Å². The molecule has 0 bridgehead atoms. The highest BCUT2D eigenvalue weighted by Crippen LogP contribution is 2.28. The van der Waals surface area contributed by atoms with E-state index in [9.17, 15) is 0 Å². The average Bonchev–Trinajstić information content (AvgIpc) is 3.01. The van der Waals surface area contributed by atoms with Crippen molar-refractivity contribution in [1.29, 1.82) is 0 Å². The Bertz CT molecular complexity index is 692. The van der Waals surface area contributed by atoms with Crippen molar-refractivity contribution in [2.24, 2.45) is 5.92 Å². The number of halogens is 1. The Labute approximate surface area is 159 Å². The van der Waals surface area contributed by atoms with Crippen molar-refractivity contribution in [2.45, 2.75) is 62.4 Å². The van der Waals surface area contributed by atoms with E-state index in [1.807, 2.05) is 24.3 Å². The van der Waals surface area contributed by atoms with Crippen molar-refractivity contribution in [1.82, 2.24) is 14.8 Å². The maximum Gasteiger partial charge on any atom is 0.191 e. The van der Waals surface area contributed by atoms with Crippen LogP contribution in [0.3, 0.4) is 0 Å². The number of hydrogen-bond donors (Lipinski definition) is 0. The highest BCUT2D eigenvalue weighted by Gasteiger charge is 2.17. The van der Waals surface area contributed by atoms with Crippen LogP contribution in [-0.4, -0.2) is 14.8 Å². The van der Waals surface area contributed by atoms with Crippen LogP contribution in [0.5, 0.6) is 0 Å². The third kappa shape index (κ3) is 5.35. The molecule has 0 N–H and O–H groups in total. The summed E-state index contributed by atoms with van der Waals surface area (Å²) in [6.45, 7) is 4.66. The molecule has 1 heterocycles. The molecule has 1 saturated carbocycles. The Hall–Kier alpha value is -1.26. The van der Waals surface area contributed by atoms with Crippen LogP contribution in [0.25, 0.3) is 0 Å². The van der Waals surface area contributed by atoms with Crippen molar-refractivity contribution < 1.29 is 0 Å². The number of thioether (sulfide) groups is 1. The van der Waals surface area contributed by atoms with Crippen LogP contribution in [0.15, 0.2) is 42.1 Å². The van der Waals surface area contributed by atoms with Gasteiger partial charge in [0.1, 0.15) is 5.82 Å². The summed E-state index contributed by atoms with van der Waals surface area (Å²) in [5.74, 6) is 2.81. The third-order valence-corrected chi connectivity index (χ3v) is 6.14. The standard InChI is InChI=1S/C20H26ClN3S/c1-2-13-24-19(12-11-16-7-4-3-5-8-16)22-23-20(24)25-15-17-9-6-10-18(21)14-17/h2,6,9-10,14,16H,1,3-5,7-8,11-13,15H2. The molecular weight excluding hydrogens is 350 g/mol. The van der Waals surface area contributed by atoms with Gasteiger partial charge in [0.2, 0.25) is 0 Å². The van der Waals surface area contributed by atoms with Crippen LogP contribution in [0.1, 0.15) is 49.9 Å². The molecule has 3 rings (SSSR count). The fourth-order valence-electron chi connectivity index (χ4n) is 3.51. The molecule has 0 saturated heterocycles. The lowest BCUT2D eigenvalue weighted by Gasteiger charge is -2.21. The molecule has 1 aliphatic rings. The zero-order valence-electron chi connectivity index (χ0n) is 14.7. The summed E-state index contributed by atoms with van der Waals surface area (Å²) in [7, 11) is 0. The number of hydrogen-bond acceptors (Lipinski definition) is 3. The number of aromatic nitrogens is 3. The lowest BCUT2D eigenvalue weighted by molar-refractivity contribution is 0.336. The lowest BCUT2D eigenvalue weighted by atomic mass is 9.86. The van der Waals surface area contributed by atoms with Crippen molar-refractivity contribution in [2.75, 3.05) is 0 Å². The van der Waals surface area contributed by atoms with E-state index in [-0.39, 0.29) is 0 Å². The second-order valence-corrected chi connectivity index (χ2v) is 8.14. The molecule has 3 nitrogen and oxygen atoms in total. The molecule has 0 spiro atoms. The summed E-state index contributed by atoms with van der Waals surface area (Å²) in [6.07, 6.45) is 11.1. The second-order valence-electron chi connectivity index (χ2n) is 6.76. The van der Waals surface area contributed by atoms with E-state index in [2.05, 4.69) is 27.4 Å². The fourth-order valence-corrected chi connectivity index (χ4v) is 4.63. The fraction of sp³-hybridized carbons (Fsp3) is 0.500. The molecule has 0 radical (unpaired) electrons. The van der Waals surface area contributed by atoms with Gasteiger partial charge in [-0.1, -0.05) is 73.7 Å². The van der Waals surface area contributed by atoms with E-state index >= 15 is 0 Å². The van der Waals surface area contributed by atoms with Gasteiger partial charge in [-0.05, 0) is 30.0 Å². The minimum absolute atomic E-state index is 0.769. The van der Waals surface area contributed by atoms with Gasteiger partial charge < -0.3 is 4.57 Å². The number of benzene rings is 1. The molecule has 134 valence electrons. The highest BCUT2D eigenvalue weighted by molar-refractivity contribution is 7.98. The molecule has 0 unspecified atom stereocenters. The summed E-state index contributed by atoms with van der Waals surface area (Å²) < 4.78 is 2.21. The van der Waals surface area contributed by atoms with Crippen molar-refractivity contribution in [3.8, 4) is 0 Å². The zero-order valence-corrected chi connectivity index (χ0v) is 16.2. The maximum atomic E-state index is 6.07. The highest BCUT2D eigenvalue weighted by atomic mass is 35.5. The summed E-state index contributed by atoms with van der Waals surface area (Å²) in [5, 5.41) is 10.6. The van der Waals surface area contributed by atoms with Gasteiger partial charge in [-0.2, -0.15) is 0 Å². The lowest BCUT2D eigenvalue weighted by Crippen LogP contribution is -2.10. The second kappa shape index (κ2) is 9.44. The number of rotatable bonds is 8. The molecule has 5 heteroatoms. The molecule has 25 heavy (non-hydrogen) atoms. The summed E-state index contributed by atoms with van der Waals surface area (Å²) in [5.41, 5.74) is 1.20. The Morgan fingerprint density at radius 1 is 1.24 bits per heavy atom. The van der Waals surface area contributed by atoms with E-state index in [0.717, 1.165) is 40.6 Å². The summed E-state index contributed by atoms with van der Waals surface area (Å²) >= 11 is 7.79. The number of nitrogens with zero attached hydrogens (tertiary/aromatic N) is 3. The Morgan fingerprint density at radius 2 is 2.08 bits per heavy atom. The zero-order chi connectivity index (χ0) is 17.5. The Kier molecular flexibility index (Phi) is 7.00. The van der Waals surface area contributed by atoms with E-state index in [1.54, 1.807) is 11.8 Å². The van der Waals surface area contributed by atoms with Crippen molar-refractivity contribution in [3.05, 3.63) is 53.3 Å². The summed E-state index contributed by atoms with van der Waals surface area (Å²) in [6, 6.07) is 7.99. The molecule has 1 aromatic carbocycles. The van der Waals surface area contributed by atoms with Gasteiger partial charge in [0, 0.05) is 23.7 Å². The first-order valence-corrected chi connectivity index (χ1v) is 10.5. The molecule has 0 amide bonds. The van der Waals surface area contributed by atoms with Gasteiger partial charge in [0.05, 0.1) is 0 Å². The molecule has 1 aliphatic carbocycles. The quantitative estimate of drug-likeness (QED) is 0.423. The Balaban J connectivity index is 1.62. The largest absolute Gasteiger partial charge is 0.302 e. The molecule has 1 aromatic heterocycles. The number of allylic oxidation sites excluding steroid dienone is 1. The minimum atomic E-state index is 0.769.